The topological polar surface area (TPSA) is 82.6 Å². The number of H-pyrrole nitrogens is 1. The molecule has 1 atom stereocenters. The van der Waals surface area contributed by atoms with Gasteiger partial charge in [0.1, 0.15) is 5.69 Å². The summed E-state index contributed by atoms with van der Waals surface area (Å²) in [6.45, 7) is 3.14. The number of carbonyl (C=O) groups is 2. The number of aromatic nitrogens is 1. The number of morpholine rings is 1. The SMILES string of the molecule is Cc1ccc2cc(C(=O)N3CCOC(CC(=O)O)C3)[nH]c2c1. The predicted octanol–water partition coefficient (Wildman–Crippen LogP) is 1.79. The number of ether oxygens (including phenoxy) is 1. The van der Waals surface area contributed by atoms with E-state index < -0.39 is 12.1 Å². The Hall–Kier alpha value is -2.34. The third kappa shape index (κ3) is 2.96. The van der Waals surface area contributed by atoms with Crippen LogP contribution in [0.2, 0.25) is 0 Å². The molecule has 1 aliphatic rings. The Kier molecular flexibility index (Phi) is 3.85. The summed E-state index contributed by atoms with van der Waals surface area (Å²) < 4.78 is 5.39. The highest BCUT2D eigenvalue weighted by molar-refractivity contribution is 5.98. The van der Waals surface area contributed by atoms with E-state index in [0.29, 0.717) is 25.4 Å². The number of nitrogens with zero attached hydrogens (tertiary/aromatic N) is 1. The van der Waals surface area contributed by atoms with Gasteiger partial charge in [0, 0.05) is 24.0 Å². The number of carboxylic acids is 1. The Morgan fingerprint density at radius 3 is 3.00 bits per heavy atom. The zero-order chi connectivity index (χ0) is 15.7. The van der Waals surface area contributed by atoms with Crippen LogP contribution in [0.4, 0.5) is 0 Å². The molecule has 1 aromatic carbocycles. The van der Waals surface area contributed by atoms with Gasteiger partial charge in [-0.3, -0.25) is 9.59 Å². The van der Waals surface area contributed by atoms with E-state index in [4.69, 9.17) is 9.84 Å². The van der Waals surface area contributed by atoms with Gasteiger partial charge in [0.25, 0.3) is 5.91 Å². The third-order valence-corrected chi connectivity index (χ3v) is 3.84. The van der Waals surface area contributed by atoms with E-state index in [1.807, 2.05) is 31.2 Å². The molecule has 6 heteroatoms. The van der Waals surface area contributed by atoms with E-state index in [0.717, 1.165) is 16.5 Å². The second kappa shape index (κ2) is 5.81. The second-order valence-electron chi connectivity index (χ2n) is 5.62. The van der Waals surface area contributed by atoms with Crippen LogP contribution in [0.1, 0.15) is 22.5 Å². The average molecular weight is 302 g/mol. The Bertz CT molecular complexity index is 722. The maximum Gasteiger partial charge on any atom is 0.306 e. The molecule has 22 heavy (non-hydrogen) atoms. The van der Waals surface area contributed by atoms with E-state index in [9.17, 15) is 9.59 Å². The van der Waals surface area contributed by atoms with Gasteiger partial charge in [-0.05, 0) is 24.6 Å². The Morgan fingerprint density at radius 1 is 1.41 bits per heavy atom. The fourth-order valence-electron chi connectivity index (χ4n) is 2.75. The van der Waals surface area contributed by atoms with Crippen LogP contribution in [0.25, 0.3) is 10.9 Å². The zero-order valence-corrected chi connectivity index (χ0v) is 12.3. The molecule has 1 aromatic heterocycles. The number of fused-ring (bicyclic) bond motifs is 1. The molecule has 2 heterocycles. The highest BCUT2D eigenvalue weighted by Gasteiger charge is 2.27. The Balaban J connectivity index is 1.78. The molecule has 1 saturated heterocycles. The van der Waals surface area contributed by atoms with E-state index in [1.165, 1.54) is 0 Å². The fraction of sp³-hybridized carbons (Fsp3) is 0.375. The van der Waals surface area contributed by atoms with Crippen LogP contribution in [-0.4, -0.2) is 52.7 Å². The number of benzene rings is 1. The van der Waals surface area contributed by atoms with E-state index in [-0.39, 0.29) is 12.3 Å². The molecule has 0 saturated carbocycles. The molecule has 1 fully saturated rings. The van der Waals surface area contributed by atoms with Gasteiger partial charge < -0.3 is 19.7 Å². The number of hydrogen-bond donors (Lipinski definition) is 2. The first-order chi connectivity index (χ1) is 10.5. The lowest BCUT2D eigenvalue weighted by atomic mass is 10.2. The van der Waals surface area contributed by atoms with Crippen LogP contribution in [0.3, 0.4) is 0 Å². The van der Waals surface area contributed by atoms with Crippen molar-refractivity contribution in [1.82, 2.24) is 9.88 Å². The number of amides is 1. The summed E-state index contributed by atoms with van der Waals surface area (Å²) in [5.41, 5.74) is 2.58. The minimum atomic E-state index is -0.916. The number of rotatable bonds is 3. The lowest BCUT2D eigenvalue weighted by molar-refractivity contribution is -0.141. The van der Waals surface area contributed by atoms with Crippen LogP contribution in [0.15, 0.2) is 24.3 Å². The minimum absolute atomic E-state index is 0.0876. The Labute approximate surface area is 127 Å². The van der Waals surface area contributed by atoms with Gasteiger partial charge in [0.15, 0.2) is 0 Å². The summed E-state index contributed by atoms with van der Waals surface area (Å²) in [6, 6.07) is 7.81. The van der Waals surface area contributed by atoms with Crippen LogP contribution in [0, 0.1) is 6.92 Å². The normalized spacial score (nSPS) is 18.6. The van der Waals surface area contributed by atoms with Gasteiger partial charge in [0.2, 0.25) is 0 Å². The first-order valence-corrected chi connectivity index (χ1v) is 7.25. The van der Waals surface area contributed by atoms with Gasteiger partial charge in [-0.15, -0.1) is 0 Å². The van der Waals surface area contributed by atoms with Gasteiger partial charge >= 0.3 is 5.97 Å². The second-order valence-corrected chi connectivity index (χ2v) is 5.62. The van der Waals surface area contributed by atoms with Crippen molar-refractivity contribution in [3.63, 3.8) is 0 Å². The fourth-order valence-corrected chi connectivity index (χ4v) is 2.75. The predicted molar refractivity (Wildman–Crippen MR) is 80.9 cm³/mol. The molecule has 3 rings (SSSR count). The van der Waals surface area contributed by atoms with Crippen LogP contribution in [-0.2, 0) is 9.53 Å². The molecule has 1 aliphatic heterocycles. The highest BCUT2D eigenvalue weighted by atomic mass is 16.5. The maximum atomic E-state index is 12.6. The van der Waals surface area contributed by atoms with Crippen molar-refractivity contribution in [3.8, 4) is 0 Å². The Morgan fingerprint density at radius 2 is 2.23 bits per heavy atom. The summed E-state index contributed by atoms with van der Waals surface area (Å²) in [5, 5.41) is 9.83. The molecule has 0 aliphatic carbocycles. The summed E-state index contributed by atoms with van der Waals surface area (Å²) in [7, 11) is 0. The monoisotopic (exact) mass is 302 g/mol. The van der Waals surface area contributed by atoms with Crippen molar-refractivity contribution in [2.24, 2.45) is 0 Å². The zero-order valence-electron chi connectivity index (χ0n) is 12.3. The van der Waals surface area contributed by atoms with Crippen molar-refractivity contribution < 1.29 is 19.4 Å². The summed E-state index contributed by atoms with van der Waals surface area (Å²) in [4.78, 5) is 28.1. The molecule has 116 valence electrons. The molecule has 2 N–H and O–H groups in total. The van der Waals surface area contributed by atoms with E-state index in [2.05, 4.69) is 4.98 Å². The number of carboxylic acid groups (broad SMARTS) is 1. The van der Waals surface area contributed by atoms with Crippen LogP contribution in [0.5, 0.6) is 0 Å². The van der Waals surface area contributed by atoms with Crippen molar-refractivity contribution in [1.29, 1.82) is 0 Å². The minimum Gasteiger partial charge on any atom is -0.481 e. The summed E-state index contributed by atoms with van der Waals surface area (Å²) in [6.07, 6.45) is -0.530. The van der Waals surface area contributed by atoms with Crippen LogP contribution < -0.4 is 0 Å². The molecule has 0 spiro atoms. The number of aryl methyl sites for hydroxylation is 1. The first-order valence-electron chi connectivity index (χ1n) is 7.25. The molecular weight excluding hydrogens is 284 g/mol. The smallest absolute Gasteiger partial charge is 0.306 e. The molecule has 6 nitrogen and oxygen atoms in total. The molecule has 0 radical (unpaired) electrons. The van der Waals surface area contributed by atoms with Crippen molar-refractivity contribution in [2.75, 3.05) is 19.7 Å². The lowest BCUT2D eigenvalue weighted by Crippen LogP contribution is -2.46. The van der Waals surface area contributed by atoms with Gasteiger partial charge in [-0.2, -0.15) is 0 Å². The van der Waals surface area contributed by atoms with Crippen molar-refractivity contribution in [2.45, 2.75) is 19.4 Å². The standard InChI is InChI=1S/C16H18N2O4/c1-10-2-3-11-7-14(17-13(11)6-10)16(21)18-4-5-22-12(9-18)8-15(19)20/h2-3,6-7,12,17H,4-5,8-9H2,1H3,(H,19,20). The molecular formula is C16H18N2O4. The van der Waals surface area contributed by atoms with Gasteiger partial charge in [-0.25, -0.2) is 0 Å². The number of hydrogen-bond acceptors (Lipinski definition) is 3. The van der Waals surface area contributed by atoms with E-state index >= 15 is 0 Å². The number of nitrogens with one attached hydrogen (secondary N) is 1. The quantitative estimate of drug-likeness (QED) is 0.905. The third-order valence-electron chi connectivity index (χ3n) is 3.84. The van der Waals surface area contributed by atoms with Crippen molar-refractivity contribution >= 4 is 22.8 Å². The molecule has 1 amide bonds. The first kappa shape index (κ1) is 14.6. The molecule has 0 bridgehead atoms. The van der Waals surface area contributed by atoms with Crippen molar-refractivity contribution in [3.05, 3.63) is 35.5 Å². The lowest BCUT2D eigenvalue weighted by Gasteiger charge is -2.32. The van der Waals surface area contributed by atoms with Gasteiger partial charge in [-0.1, -0.05) is 12.1 Å². The van der Waals surface area contributed by atoms with E-state index in [1.54, 1.807) is 4.90 Å². The molecule has 2 aromatic rings. The summed E-state index contributed by atoms with van der Waals surface area (Å²) in [5.74, 6) is -1.03. The van der Waals surface area contributed by atoms with Gasteiger partial charge in [0.05, 0.1) is 19.1 Å². The largest absolute Gasteiger partial charge is 0.481 e. The number of aromatic amines is 1. The summed E-state index contributed by atoms with van der Waals surface area (Å²) >= 11 is 0. The maximum absolute atomic E-state index is 12.6. The molecule has 1 unspecified atom stereocenters. The van der Waals surface area contributed by atoms with Crippen LogP contribution >= 0.6 is 0 Å². The number of carbonyl (C=O) groups excluding carboxylic acids is 1. The number of aliphatic carboxylic acids is 1. The average Bonchev–Trinajstić information content (AvgIpc) is 2.89. The highest BCUT2D eigenvalue weighted by Crippen LogP contribution is 2.19.